The van der Waals surface area contributed by atoms with Gasteiger partial charge in [-0.3, -0.25) is 4.68 Å². The van der Waals surface area contributed by atoms with Gasteiger partial charge in [-0.05, 0) is 32.3 Å². The standard InChI is InChI=1S/C15H19ClN2O/c1-11(2)18-15(13(16)10-17-18)14(19)9-8-12-6-4-3-5-7-12/h3-7,10-11,14,19H,8-9H2,1-2H3. The first-order valence-corrected chi connectivity index (χ1v) is 6.92. The average molecular weight is 279 g/mol. The Kier molecular flexibility index (Phi) is 4.61. The maximum atomic E-state index is 10.3. The van der Waals surface area contributed by atoms with Gasteiger partial charge in [0.2, 0.25) is 0 Å². The van der Waals surface area contributed by atoms with E-state index in [0.29, 0.717) is 17.1 Å². The van der Waals surface area contributed by atoms with Crippen LogP contribution in [0.5, 0.6) is 0 Å². The lowest BCUT2D eigenvalue weighted by atomic mass is 10.0. The highest BCUT2D eigenvalue weighted by molar-refractivity contribution is 6.31. The normalized spacial score (nSPS) is 12.9. The highest BCUT2D eigenvalue weighted by atomic mass is 35.5. The molecule has 0 aliphatic carbocycles. The predicted molar refractivity (Wildman–Crippen MR) is 77.3 cm³/mol. The highest BCUT2D eigenvalue weighted by Gasteiger charge is 2.19. The van der Waals surface area contributed by atoms with Crippen molar-refractivity contribution in [3.63, 3.8) is 0 Å². The van der Waals surface area contributed by atoms with Crippen molar-refractivity contribution in [3.05, 3.63) is 52.8 Å². The van der Waals surface area contributed by atoms with Crippen LogP contribution in [-0.2, 0) is 6.42 Å². The van der Waals surface area contributed by atoms with Crippen molar-refractivity contribution in [2.75, 3.05) is 0 Å². The summed E-state index contributed by atoms with van der Waals surface area (Å²) in [5.74, 6) is 0. The summed E-state index contributed by atoms with van der Waals surface area (Å²) < 4.78 is 1.79. The Labute approximate surface area is 118 Å². The Balaban J connectivity index is 2.08. The summed E-state index contributed by atoms with van der Waals surface area (Å²) in [5.41, 5.74) is 1.93. The molecule has 2 aromatic rings. The van der Waals surface area contributed by atoms with E-state index < -0.39 is 6.10 Å². The van der Waals surface area contributed by atoms with Gasteiger partial charge < -0.3 is 5.11 Å². The van der Waals surface area contributed by atoms with E-state index >= 15 is 0 Å². The molecule has 0 aliphatic heterocycles. The molecule has 1 atom stereocenters. The summed E-state index contributed by atoms with van der Waals surface area (Å²) in [6, 6.07) is 10.3. The van der Waals surface area contributed by atoms with Crippen molar-refractivity contribution in [3.8, 4) is 0 Å². The van der Waals surface area contributed by atoms with Crippen molar-refractivity contribution in [2.24, 2.45) is 0 Å². The Hall–Kier alpha value is -1.32. The Morgan fingerprint density at radius 3 is 2.58 bits per heavy atom. The molecule has 1 unspecified atom stereocenters. The number of benzene rings is 1. The van der Waals surface area contributed by atoms with Gasteiger partial charge in [0.05, 0.1) is 23.0 Å². The van der Waals surface area contributed by atoms with Crippen LogP contribution in [0.4, 0.5) is 0 Å². The van der Waals surface area contributed by atoms with Crippen LogP contribution in [-0.4, -0.2) is 14.9 Å². The van der Waals surface area contributed by atoms with Gasteiger partial charge in [-0.15, -0.1) is 0 Å². The molecule has 19 heavy (non-hydrogen) atoms. The molecule has 0 spiro atoms. The van der Waals surface area contributed by atoms with E-state index in [2.05, 4.69) is 17.2 Å². The highest BCUT2D eigenvalue weighted by Crippen LogP contribution is 2.28. The number of aromatic nitrogens is 2. The Morgan fingerprint density at radius 2 is 1.95 bits per heavy atom. The number of aryl methyl sites for hydroxylation is 1. The quantitative estimate of drug-likeness (QED) is 0.904. The maximum absolute atomic E-state index is 10.3. The summed E-state index contributed by atoms with van der Waals surface area (Å²) in [6.45, 7) is 4.05. The van der Waals surface area contributed by atoms with E-state index in [0.717, 1.165) is 6.42 Å². The van der Waals surface area contributed by atoms with Gasteiger partial charge in [-0.25, -0.2) is 0 Å². The predicted octanol–water partition coefficient (Wildman–Crippen LogP) is 3.78. The zero-order valence-corrected chi connectivity index (χ0v) is 12.0. The molecule has 1 aromatic heterocycles. The molecule has 2 rings (SSSR count). The van der Waals surface area contributed by atoms with Crippen LogP contribution in [0.15, 0.2) is 36.5 Å². The fourth-order valence-electron chi connectivity index (χ4n) is 2.16. The largest absolute Gasteiger partial charge is 0.387 e. The van der Waals surface area contributed by atoms with Crippen molar-refractivity contribution < 1.29 is 5.11 Å². The second-order valence-electron chi connectivity index (χ2n) is 4.96. The van der Waals surface area contributed by atoms with E-state index in [9.17, 15) is 5.11 Å². The zero-order chi connectivity index (χ0) is 13.8. The third kappa shape index (κ3) is 3.37. The number of hydrogen-bond donors (Lipinski definition) is 1. The van der Waals surface area contributed by atoms with E-state index in [1.54, 1.807) is 10.9 Å². The molecular formula is C15H19ClN2O. The molecule has 4 heteroatoms. The number of halogens is 1. The fourth-order valence-corrected chi connectivity index (χ4v) is 2.41. The number of rotatable bonds is 5. The third-order valence-corrected chi connectivity index (χ3v) is 3.43. The molecule has 0 bridgehead atoms. The van der Waals surface area contributed by atoms with Crippen LogP contribution in [0.3, 0.4) is 0 Å². The molecule has 1 N–H and O–H groups in total. The topological polar surface area (TPSA) is 38.0 Å². The lowest BCUT2D eigenvalue weighted by molar-refractivity contribution is 0.154. The van der Waals surface area contributed by atoms with Gasteiger partial charge in [0, 0.05) is 6.04 Å². The molecular weight excluding hydrogens is 260 g/mol. The van der Waals surface area contributed by atoms with Gasteiger partial charge in [-0.1, -0.05) is 41.9 Å². The second kappa shape index (κ2) is 6.22. The summed E-state index contributed by atoms with van der Waals surface area (Å²) in [4.78, 5) is 0. The monoisotopic (exact) mass is 278 g/mol. The first kappa shape index (κ1) is 14.1. The van der Waals surface area contributed by atoms with E-state index in [4.69, 9.17) is 11.6 Å². The van der Waals surface area contributed by atoms with Crippen molar-refractivity contribution in [1.82, 2.24) is 9.78 Å². The summed E-state index contributed by atoms with van der Waals surface area (Å²) >= 11 is 6.12. The van der Waals surface area contributed by atoms with Crippen LogP contribution in [0.25, 0.3) is 0 Å². The van der Waals surface area contributed by atoms with Crippen molar-refractivity contribution >= 4 is 11.6 Å². The van der Waals surface area contributed by atoms with Crippen molar-refractivity contribution in [2.45, 2.75) is 38.8 Å². The molecule has 0 aliphatic rings. The van der Waals surface area contributed by atoms with Crippen LogP contribution >= 0.6 is 11.6 Å². The SMILES string of the molecule is CC(C)n1ncc(Cl)c1C(O)CCc1ccccc1. The molecule has 0 fully saturated rings. The molecule has 0 amide bonds. The first-order valence-electron chi connectivity index (χ1n) is 6.54. The van der Waals surface area contributed by atoms with Crippen LogP contribution < -0.4 is 0 Å². The summed E-state index contributed by atoms with van der Waals surface area (Å²) in [6.07, 6.45) is 2.48. The van der Waals surface area contributed by atoms with E-state index in [-0.39, 0.29) is 6.04 Å². The Morgan fingerprint density at radius 1 is 1.26 bits per heavy atom. The minimum absolute atomic E-state index is 0.189. The summed E-state index contributed by atoms with van der Waals surface area (Å²) in [5, 5.41) is 15.1. The Bertz CT molecular complexity index is 522. The van der Waals surface area contributed by atoms with Crippen LogP contribution in [0.1, 0.15) is 43.7 Å². The molecule has 0 saturated heterocycles. The minimum atomic E-state index is -0.586. The lowest BCUT2D eigenvalue weighted by Gasteiger charge is -2.16. The van der Waals surface area contributed by atoms with E-state index in [1.165, 1.54) is 5.56 Å². The van der Waals surface area contributed by atoms with Gasteiger partial charge in [-0.2, -0.15) is 5.10 Å². The maximum Gasteiger partial charge on any atom is 0.0975 e. The van der Waals surface area contributed by atoms with Crippen LogP contribution in [0, 0.1) is 0 Å². The molecule has 3 nitrogen and oxygen atoms in total. The third-order valence-electron chi connectivity index (χ3n) is 3.14. The minimum Gasteiger partial charge on any atom is -0.387 e. The molecule has 102 valence electrons. The smallest absolute Gasteiger partial charge is 0.0975 e. The molecule has 0 saturated carbocycles. The number of aliphatic hydroxyl groups is 1. The summed E-state index contributed by atoms with van der Waals surface area (Å²) in [7, 11) is 0. The molecule has 1 heterocycles. The lowest BCUT2D eigenvalue weighted by Crippen LogP contribution is -2.12. The molecule has 1 aromatic carbocycles. The number of hydrogen-bond acceptors (Lipinski definition) is 2. The zero-order valence-electron chi connectivity index (χ0n) is 11.3. The van der Waals surface area contributed by atoms with Gasteiger partial charge in [0.15, 0.2) is 0 Å². The average Bonchev–Trinajstić information content (AvgIpc) is 2.79. The van der Waals surface area contributed by atoms with Gasteiger partial charge >= 0.3 is 0 Å². The van der Waals surface area contributed by atoms with E-state index in [1.807, 2.05) is 32.0 Å². The second-order valence-corrected chi connectivity index (χ2v) is 5.36. The van der Waals surface area contributed by atoms with Gasteiger partial charge in [0.1, 0.15) is 0 Å². The number of aliphatic hydroxyl groups excluding tert-OH is 1. The van der Waals surface area contributed by atoms with Gasteiger partial charge in [0.25, 0.3) is 0 Å². The molecule has 0 radical (unpaired) electrons. The van der Waals surface area contributed by atoms with Crippen LogP contribution in [0.2, 0.25) is 5.02 Å². The fraction of sp³-hybridized carbons (Fsp3) is 0.400. The number of nitrogens with zero attached hydrogens (tertiary/aromatic N) is 2. The van der Waals surface area contributed by atoms with Crippen molar-refractivity contribution in [1.29, 1.82) is 0 Å². The first-order chi connectivity index (χ1) is 9.09.